The molecule has 0 saturated heterocycles. The monoisotopic (exact) mass is 488 g/mol. The number of amides is 2. The van der Waals surface area contributed by atoms with E-state index in [9.17, 15) is 14.9 Å². The van der Waals surface area contributed by atoms with E-state index >= 15 is 0 Å². The normalized spacial score (nSPS) is 10.8. The van der Waals surface area contributed by atoms with Crippen LogP contribution in [0, 0.1) is 25.2 Å². The lowest BCUT2D eigenvalue weighted by molar-refractivity contribution is 0.0777. The Morgan fingerprint density at radius 2 is 1.82 bits per heavy atom. The van der Waals surface area contributed by atoms with Crippen molar-refractivity contribution in [2.24, 2.45) is 0 Å². The van der Waals surface area contributed by atoms with Crippen molar-refractivity contribution in [3.05, 3.63) is 68.9 Å². The first-order chi connectivity index (χ1) is 16.4. The molecule has 0 unspecified atom stereocenters. The van der Waals surface area contributed by atoms with Crippen LogP contribution in [0.2, 0.25) is 0 Å². The molecule has 1 N–H and O–H groups in total. The summed E-state index contributed by atoms with van der Waals surface area (Å²) in [5, 5.41) is 13.8. The first-order valence-electron chi connectivity index (χ1n) is 11.0. The zero-order valence-electron chi connectivity index (χ0n) is 19.4. The Morgan fingerprint density at radius 3 is 2.47 bits per heavy atom. The van der Waals surface area contributed by atoms with Gasteiger partial charge in [0.25, 0.3) is 11.8 Å². The zero-order chi connectivity index (χ0) is 24.4. The number of aryl methyl sites for hydroxylation is 1. The average molecular weight is 489 g/mol. The molecule has 0 aliphatic rings. The number of nitrogens with zero attached hydrogens (tertiary/aromatic N) is 3. The molecule has 4 aromatic rings. The number of carbonyl (C=O) groups excluding carboxylic acids is 2. The first kappa shape index (κ1) is 23.6. The molecular formula is C26H24N4O2S2. The van der Waals surface area contributed by atoms with Gasteiger partial charge in [0.05, 0.1) is 32.1 Å². The van der Waals surface area contributed by atoms with Gasteiger partial charge in [-0.1, -0.05) is 18.2 Å². The van der Waals surface area contributed by atoms with E-state index in [-0.39, 0.29) is 11.8 Å². The molecule has 0 aliphatic carbocycles. The molecule has 0 spiro atoms. The molecule has 0 aliphatic heterocycles. The molecule has 8 heteroatoms. The highest BCUT2D eigenvalue weighted by Crippen LogP contribution is 2.35. The van der Waals surface area contributed by atoms with E-state index in [2.05, 4.69) is 11.4 Å². The summed E-state index contributed by atoms with van der Waals surface area (Å²) in [7, 11) is 0. The highest BCUT2D eigenvalue weighted by atomic mass is 32.1. The van der Waals surface area contributed by atoms with Crippen LogP contribution in [0.25, 0.3) is 21.5 Å². The third-order valence-electron chi connectivity index (χ3n) is 5.68. The molecule has 3 aromatic heterocycles. The van der Waals surface area contributed by atoms with Crippen molar-refractivity contribution >= 4 is 50.4 Å². The molecule has 6 nitrogen and oxygen atoms in total. The van der Waals surface area contributed by atoms with Gasteiger partial charge in [-0.25, -0.2) is 4.98 Å². The minimum atomic E-state index is -0.340. The molecule has 34 heavy (non-hydrogen) atoms. The van der Waals surface area contributed by atoms with Crippen molar-refractivity contribution in [1.29, 1.82) is 5.26 Å². The fourth-order valence-electron chi connectivity index (χ4n) is 3.83. The quantitative estimate of drug-likeness (QED) is 0.348. The maximum Gasteiger partial charge on any atom is 0.264 e. The number of fused-ring (bicyclic) bond motifs is 1. The van der Waals surface area contributed by atoms with Gasteiger partial charge in [0.2, 0.25) is 0 Å². The summed E-state index contributed by atoms with van der Waals surface area (Å²) in [6.07, 6.45) is 0. The summed E-state index contributed by atoms with van der Waals surface area (Å²) in [6.45, 7) is 8.76. The minimum absolute atomic E-state index is 0.130. The number of carbonyl (C=O) groups is 2. The van der Waals surface area contributed by atoms with Crippen molar-refractivity contribution in [2.75, 3.05) is 18.4 Å². The molecule has 172 valence electrons. The van der Waals surface area contributed by atoms with Gasteiger partial charge < -0.3 is 10.2 Å². The Bertz CT molecular complexity index is 1440. The predicted octanol–water partition coefficient (Wildman–Crippen LogP) is 6.25. The Morgan fingerprint density at radius 1 is 1.09 bits per heavy atom. The summed E-state index contributed by atoms with van der Waals surface area (Å²) < 4.78 is 0. The number of pyridine rings is 1. The fourth-order valence-corrected chi connectivity index (χ4v) is 5.78. The molecule has 2 amide bonds. The van der Waals surface area contributed by atoms with Gasteiger partial charge in [-0.3, -0.25) is 9.59 Å². The zero-order valence-corrected chi connectivity index (χ0v) is 21.1. The first-order valence-corrected chi connectivity index (χ1v) is 12.6. The molecular weight excluding hydrogens is 464 g/mol. The largest absolute Gasteiger partial charge is 0.338 e. The number of thiophene rings is 2. The van der Waals surface area contributed by atoms with E-state index in [1.54, 1.807) is 29.2 Å². The summed E-state index contributed by atoms with van der Waals surface area (Å²) >= 11 is 2.77. The van der Waals surface area contributed by atoms with E-state index in [4.69, 9.17) is 4.98 Å². The lowest BCUT2D eigenvalue weighted by Crippen LogP contribution is -2.30. The summed E-state index contributed by atoms with van der Waals surface area (Å²) in [4.78, 5) is 35.5. The summed E-state index contributed by atoms with van der Waals surface area (Å²) in [5.41, 5.74) is 2.83. The van der Waals surface area contributed by atoms with Crippen molar-refractivity contribution in [3.63, 3.8) is 0 Å². The number of aromatic nitrogens is 1. The van der Waals surface area contributed by atoms with Crippen LogP contribution in [0.1, 0.15) is 49.9 Å². The number of anilines is 1. The van der Waals surface area contributed by atoms with Crippen LogP contribution in [0.3, 0.4) is 0 Å². The lowest BCUT2D eigenvalue weighted by atomic mass is 10.1. The van der Waals surface area contributed by atoms with E-state index in [1.165, 1.54) is 0 Å². The number of hydrogen-bond donors (Lipinski definition) is 1. The molecule has 0 radical (unpaired) electrons. The van der Waals surface area contributed by atoms with E-state index in [0.717, 1.165) is 37.7 Å². The van der Waals surface area contributed by atoms with Gasteiger partial charge in [-0.05, 0) is 57.5 Å². The molecule has 0 atom stereocenters. The van der Waals surface area contributed by atoms with Crippen LogP contribution >= 0.6 is 22.7 Å². The number of nitrogens with one attached hydrogen (secondary N) is 1. The van der Waals surface area contributed by atoms with E-state index in [1.807, 2.05) is 57.2 Å². The molecule has 3 heterocycles. The second-order valence-electron chi connectivity index (χ2n) is 7.79. The number of benzene rings is 1. The topological polar surface area (TPSA) is 86.1 Å². The van der Waals surface area contributed by atoms with Gasteiger partial charge >= 0.3 is 0 Å². The van der Waals surface area contributed by atoms with E-state index in [0.29, 0.717) is 39.7 Å². The highest BCUT2D eigenvalue weighted by molar-refractivity contribution is 7.18. The molecule has 4 rings (SSSR count). The van der Waals surface area contributed by atoms with Crippen LogP contribution in [0.5, 0.6) is 0 Å². The van der Waals surface area contributed by atoms with Gasteiger partial charge in [-0.2, -0.15) is 5.26 Å². The Labute approximate surface area is 206 Å². The fraction of sp³-hybridized carbons (Fsp3) is 0.231. The Kier molecular flexibility index (Phi) is 6.77. The molecule has 0 saturated carbocycles. The number of hydrogen-bond acceptors (Lipinski definition) is 6. The smallest absolute Gasteiger partial charge is 0.264 e. The standard InChI is InChI=1S/C26H24N4O2S2/c1-5-30(6-2)26(32)23-16(4)19(14-27)25(34-23)29-24(31)18-13-21(22-12-11-15(3)33-22)28-20-10-8-7-9-17(18)20/h7-13H,5-6H2,1-4H3,(H,29,31). The summed E-state index contributed by atoms with van der Waals surface area (Å²) in [6, 6.07) is 15.5. The second-order valence-corrected chi connectivity index (χ2v) is 10.1. The molecule has 0 bridgehead atoms. The number of rotatable bonds is 6. The van der Waals surface area contributed by atoms with Crippen LogP contribution in [0.15, 0.2) is 42.5 Å². The number of nitriles is 1. The second kappa shape index (κ2) is 9.75. The van der Waals surface area contributed by atoms with Crippen molar-refractivity contribution in [3.8, 4) is 16.6 Å². The molecule has 0 fully saturated rings. The lowest BCUT2D eigenvalue weighted by Gasteiger charge is -2.17. The SMILES string of the molecule is CCN(CC)C(=O)c1sc(NC(=O)c2cc(-c3ccc(C)s3)nc3ccccc23)c(C#N)c1C. The number of para-hydroxylation sites is 1. The van der Waals surface area contributed by atoms with Gasteiger partial charge in [0.1, 0.15) is 11.1 Å². The maximum absolute atomic E-state index is 13.5. The Balaban J connectivity index is 1.76. The minimum Gasteiger partial charge on any atom is -0.338 e. The summed E-state index contributed by atoms with van der Waals surface area (Å²) in [5.74, 6) is -0.470. The third-order valence-corrected chi connectivity index (χ3v) is 7.90. The van der Waals surface area contributed by atoms with Crippen molar-refractivity contribution in [2.45, 2.75) is 27.7 Å². The van der Waals surface area contributed by atoms with Gasteiger partial charge in [-0.15, -0.1) is 22.7 Å². The predicted molar refractivity (Wildman–Crippen MR) is 139 cm³/mol. The van der Waals surface area contributed by atoms with Gasteiger partial charge in [0.15, 0.2) is 0 Å². The maximum atomic E-state index is 13.5. The van der Waals surface area contributed by atoms with Crippen molar-refractivity contribution in [1.82, 2.24) is 9.88 Å². The Hall–Kier alpha value is -3.54. The highest BCUT2D eigenvalue weighted by Gasteiger charge is 2.25. The van der Waals surface area contributed by atoms with E-state index < -0.39 is 0 Å². The third kappa shape index (κ3) is 4.32. The molecule has 1 aromatic carbocycles. The van der Waals surface area contributed by atoms with Crippen LogP contribution in [0.4, 0.5) is 5.00 Å². The van der Waals surface area contributed by atoms with Crippen LogP contribution < -0.4 is 5.32 Å². The van der Waals surface area contributed by atoms with Crippen LogP contribution in [-0.4, -0.2) is 34.8 Å². The van der Waals surface area contributed by atoms with Crippen LogP contribution in [-0.2, 0) is 0 Å². The average Bonchev–Trinajstić information content (AvgIpc) is 3.41. The van der Waals surface area contributed by atoms with Crippen molar-refractivity contribution < 1.29 is 9.59 Å². The van der Waals surface area contributed by atoms with Gasteiger partial charge in [0, 0.05) is 23.4 Å².